The molecule has 0 aliphatic heterocycles. The fourth-order valence-corrected chi connectivity index (χ4v) is 2.59. The molecule has 3 rings (SSSR count). The van der Waals surface area contributed by atoms with E-state index < -0.39 is 5.82 Å². The van der Waals surface area contributed by atoms with Crippen LogP contribution in [-0.2, 0) is 0 Å². The van der Waals surface area contributed by atoms with Gasteiger partial charge in [-0.05, 0) is 23.8 Å². The van der Waals surface area contributed by atoms with Crippen molar-refractivity contribution in [1.82, 2.24) is 10.2 Å². The largest absolute Gasteiger partial charge is 0.382 e. The van der Waals surface area contributed by atoms with Crippen LogP contribution < -0.4 is 5.73 Å². The van der Waals surface area contributed by atoms with Crippen LogP contribution in [0.2, 0.25) is 10.0 Å². The number of rotatable bonds is 2. The van der Waals surface area contributed by atoms with Gasteiger partial charge in [-0.25, -0.2) is 4.39 Å². The van der Waals surface area contributed by atoms with E-state index >= 15 is 0 Å². The number of H-pyrrole nitrogens is 1. The molecule has 1 heterocycles. The average Bonchev–Trinajstić information content (AvgIpc) is 2.83. The predicted octanol–water partition coefficient (Wildman–Crippen LogP) is 4.77. The van der Waals surface area contributed by atoms with Crippen molar-refractivity contribution in [1.29, 1.82) is 0 Å². The molecule has 0 fully saturated rings. The highest BCUT2D eigenvalue weighted by atomic mass is 35.5. The van der Waals surface area contributed by atoms with Crippen molar-refractivity contribution in [3.63, 3.8) is 0 Å². The molecule has 0 atom stereocenters. The first kappa shape index (κ1) is 13.9. The third-order valence-electron chi connectivity index (χ3n) is 3.13. The average molecular weight is 322 g/mol. The summed E-state index contributed by atoms with van der Waals surface area (Å²) < 4.78 is 13.7. The Morgan fingerprint density at radius 3 is 2.62 bits per heavy atom. The molecule has 21 heavy (non-hydrogen) atoms. The number of aromatic amines is 1. The first-order valence-electron chi connectivity index (χ1n) is 6.12. The number of hydrogen-bond donors (Lipinski definition) is 2. The molecule has 0 amide bonds. The van der Waals surface area contributed by atoms with Crippen molar-refractivity contribution in [2.45, 2.75) is 0 Å². The van der Waals surface area contributed by atoms with Gasteiger partial charge in [-0.1, -0.05) is 47.5 Å². The summed E-state index contributed by atoms with van der Waals surface area (Å²) in [6.45, 7) is 0. The lowest BCUT2D eigenvalue weighted by Gasteiger charge is -2.07. The summed E-state index contributed by atoms with van der Waals surface area (Å²) in [4.78, 5) is 0. The second kappa shape index (κ2) is 5.39. The molecule has 6 heteroatoms. The van der Waals surface area contributed by atoms with Crippen LogP contribution in [0.15, 0.2) is 42.5 Å². The number of nitrogens with two attached hydrogens (primary N) is 1. The first-order valence-corrected chi connectivity index (χ1v) is 6.87. The molecule has 0 bridgehead atoms. The zero-order valence-electron chi connectivity index (χ0n) is 10.7. The first-order chi connectivity index (χ1) is 10.1. The molecular weight excluding hydrogens is 312 g/mol. The standard InChI is InChI=1S/C15H10Cl2FN3/c16-9-4-1-3-8(7-9)12-14(20-21-15(12)19)10-5-2-6-11(18)13(10)17/h1-7H,(H3,19,20,21). The Hall–Kier alpha value is -2.04. The Kier molecular flexibility index (Phi) is 3.57. The Labute approximate surface area is 130 Å². The Morgan fingerprint density at radius 2 is 1.86 bits per heavy atom. The van der Waals surface area contributed by atoms with Crippen LogP contribution in [0.25, 0.3) is 22.4 Å². The second-order valence-electron chi connectivity index (χ2n) is 4.47. The molecule has 3 nitrogen and oxygen atoms in total. The van der Waals surface area contributed by atoms with Crippen LogP contribution in [0.5, 0.6) is 0 Å². The van der Waals surface area contributed by atoms with Crippen LogP contribution in [0.3, 0.4) is 0 Å². The van der Waals surface area contributed by atoms with Crippen molar-refractivity contribution in [3.05, 3.63) is 58.3 Å². The molecule has 3 N–H and O–H groups in total. The molecule has 0 radical (unpaired) electrons. The Bertz CT molecular complexity index is 814. The quantitative estimate of drug-likeness (QED) is 0.714. The number of benzene rings is 2. The smallest absolute Gasteiger partial charge is 0.153 e. The van der Waals surface area contributed by atoms with Crippen molar-refractivity contribution in [3.8, 4) is 22.4 Å². The number of halogens is 3. The van der Waals surface area contributed by atoms with Gasteiger partial charge in [0, 0.05) is 10.6 Å². The SMILES string of the molecule is Nc1n[nH]c(-c2cccc(F)c2Cl)c1-c1cccc(Cl)c1. The lowest BCUT2D eigenvalue weighted by molar-refractivity contribution is 0.628. The number of anilines is 1. The maximum atomic E-state index is 13.7. The fraction of sp³-hybridized carbons (Fsp3) is 0. The van der Waals surface area contributed by atoms with Crippen LogP contribution in [0.1, 0.15) is 0 Å². The molecule has 1 aromatic heterocycles. The van der Waals surface area contributed by atoms with Crippen molar-refractivity contribution >= 4 is 29.0 Å². The minimum absolute atomic E-state index is 0.0180. The van der Waals surface area contributed by atoms with E-state index in [4.69, 9.17) is 28.9 Å². The number of hydrogen-bond acceptors (Lipinski definition) is 2. The normalized spacial score (nSPS) is 10.8. The van der Waals surface area contributed by atoms with E-state index in [2.05, 4.69) is 10.2 Å². The summed E-state index contributed by atoms with van der Waals surface area (Å²) in [5.74, 6) is -0.202. The van der Waals surface area contributed by atoms with Gasteiger partial charge in [0.1, 0.15) is 5.82 Å². The van der Waals surface area contributed by atoms with E-state index in [0.717, 1.165) is 5.56 Å². The summed E-state index contributed by atoms with van der Waals surface area (Å²) >= 11 is 12.0. The summed E-state index contributed by atoms with van der Waals surface area (Å²) in [7, 11) is 0. The summed E-state index contributed by atoms with van der Waals surface area (Å²) in [5.41, 5.74) is 8.40. The zero-order chi connectivity index (χ0) is 15.0. The van der Waals surface area contributed by atoms with Crippen LogP contribution in [0.4, 0.5) is 10.2 Å². The third kappa shape index (κ3) is 2.48. The lowest BCUT2D eigenvalue weighted by Crippen LogP contribution is -1.90. The van der Waals surface area contributed by atoms with Gasteiger partial charge in [0.25, 0.3) is 0 Å². The van der Waals surface area contributed by atoms with Gasteiger partial charge in [-0.15, -0.1) is 0 Å². The van der Waals surface area contributed by atoms with Gasteiger partial charge in [0.15, 0.2) is 5.82 Å². The number of nitrogens with one attached hydrogen (secondary N) is 1. The molecule has 0 aliphatic rings. The van der Waals surface area contributed by atoms with Crippen LogP contribution in [-0.4, -0.2) is 10.2 Å². The summed E-state index contributed by atoms with van der Waals surface area (Å²) in [5, 5.41) is 7.40. The topological polar surface area (TPSA) is 54.7 Å². The zero-order valence-corrected chi connectivity index (χ0v) is 12.2. The molecule has 0 saturated carbocycles. The highest BCUT2D eigenvalue weighted by molar-refractivity contribution is 6.33. The number of nitrogen functional groups attached to an aromatic ring is 1. The van der Waals surface area contributed by atoms with Crippen molar-refractivity contribution in [2.24, 2.45) is 0 Å². The van der Waals surface area contributed by atoms with E-state index in [0.29, 0.717) is 27.7 Å². The van der Waals surface area contributed by atoms with Crippen LogP contribution in [0, 0.1) is 5.82 Å². The van der Waals surface area contributed by atoms with E-state index in [1.165, 1.54) is 6.07 Å². The minimum atomic E-state index is -0.501. The van der Waals surface area contributed by atoms with Gasteiger partial charge in [0.05, 0.1) is 16.3 Å². The molecule has 106 valence electrons. The van der Waals surface area contributed by atoms with Gasteiger partial charge in [-0.2, -0.15) is 5.10 Å². The molecule has 0 saturated heterocycles. The predicted molar refractivity (Wildman–Crippen MR) is 83.9 cm³/mol. The van der Waals surface area contributed by atoms with Crippen molar-refractivity contribution in [2.75, 3.05) is 5.73 Å². The van der Waals surface area contributed by atoms with Gasteiger partial charge in [0.2, 0.25) is 0 Å². The summed E-state index contributed by atoms with van der Waals surface area (Å²) in [6.07, 6.45) is 0. The van der Waals surface area contributed by atoms with Gasteiger partial charge < -0.3 is 5.73 Å². The molecular formula is C15H10Cl2FN3. The molecule has 3 aromatic rings. The molecule has 0 spiro atoms. The maximum Gasteiger partial charge on any atom is 0.153 e. The van der Waals surface area contributed by atoms with E-state index in [1.54, 1.807) is 30.3 Å². The second-order valence-corrected chi connectivity index (χ2v) is 5.28. The van der Waals surface area contributed by atoms with E-state index in [-0.39, 0.29) is 5.02 Å². The maximum absolute atomic E-state index is 13.7. The highest BCUT2D eigenvalue weighted by Crippen LogP contribution is 2.38. The fourth-order valence-electron chi connectivity index (χ4n) is 2.18. The van der Waals surface area contributed by atoms with Gasteiger partial charge >= 0.3 is 0 Å². The van der Waals surface area contributed by atoms with Crippen LogP contribution >= 0.6 is 23.2 Å². The third-order valence-corrected chi connectivity index (χ3v) is 3.75. The van der Waals surface area contributed by atoms with E-state index in [1.807, 2.05) is 6.07 Å². The Balaban J connectivity index is 2.24. The van der Waals surface area contributed by atoms with Gasteiger partial charge in [-0.3, -0.25) is 5.10 Å². The molecule has 0 unspecified atom stereocenters. The summed E-state index contributed by atoms with van der Waals surface area (Å²) in [6, 6.07) is 11.8. The molecule has 0 aliphatic carbocycles. The number of aromatic nitrogens is 2. The molecule has 2 aromatic carbocycles. The monoisotopic (exact) mass is 321 g/mol. The van der Waals surface area contributed by atoms with Crippen molar-refractivity contribution < 1.29 is 4.39 Å². The minimum Gasteiger partial charge on any atom is -0.382 e. The van der Waals surface area contributed by atoms with E-state index in [9.17, 15) is 4.39 Å². The highest BCUT2D eigenvalue weighted by Gasteiger charge is 2.18. The Morgan fingerprint density at radius 1 is 1.10 bits per heavy atom. The lowest BCUT2D eigenvalue weighted by atomic mass is 10.0. The number of nitrogens with zero attached hydrogens (tertiary/aromatic N) is 1.